The first-order valence-corrected chi connectivity index (χ1v) is 7.96. The summed E-state index contributed by atoms with van der Waals surface area (Å²) in [6, 6.07) is 8.46. The summed E-state index contributed by atoms with van der Waals surface area (Å²) in [5.74, 6) is -0.881. The standard InChI is InChI=1S/C15H12ClN3O3S/c16-15-18-12(17-10(6-20)14(21)22)11-9(7-23-13(11)19-15)8-4-2-1-3-5-8/h1-5,7,10,20H,6H2,(H,21,22)(H,17,18,19). The molecule has 2 heterocycles. The molecule has 1 aromatic carbocycles. The number of aromatic nitrogens is 2. The molecule has 118 valence electrons. The third-order valence-electron chi connectivity index (χ3n) is 3.28. The van der Waals surface area contributed by atoms with Crippen molar-refractivity contribution in [3.05, 3.63) is 41.0 Å². The summed E-state index contributed by atoms with van der Waals surface area (Å²) < 4.78 is 0. The molecule has 3 rings (SSSR count). The van der Waals surface area contributed by atoms with Crippen molar-refractivity contribution in [1.82, 2.24) is 9.97 Å². The van der Waals surface area contributed by atoms with E-state index in [1.165, 1.54) is 11.3 Å². The highest BCUT2D eigenvalue weighted by atomic mass is 35.5. The zero-order valence-electron chi connectivity index (χ0n) is 11.7. The van der Waals surface area contributed by atoms with Crippen molar-refractivity contribution in [2.45, 2.75) is 6.04 Å². The second-order valence-corrected chi connectivity index (χ2v) is 5.95. The average molecular weight is 350 g/mol. The van der Waals surface area contributed by atoms with Gasteiger partial charge in [0.1, 0.15) is 16.7 Å². The molecule has 3 N–H and O–H groups in total. The zero-order valence-corrected chi connectivity index (χ0v) is 13.3. The summed E-state index contributed by atoms with van der Waals surface area (Å²) in [4.78, 5) is 20.1. The van der Waals surface area contributed by atoms with Gasteiger partial charge in [-0.2, -0.15) is 0 Å². The van der Waals surface area contributed by atoms with Crippen LogP contribution < -0.4 is 5.32 Å². The minimum Gasteiger partial charge on any atom is -0.480 e. The molecule has 0 saturated carbocycles. The molecule has 0 saturated heterocycles. The van der Waals surface area contributed by atoms with Gasteiger partial charge in [0.15, 0.2) is 0 Å². The molecule has 0 aliphatic rings. The van der Waals surface area contributed by atoms with Gasteiger partial charge in [-0.3, -0.25) is 0 Å². The van der Waals surface area contributed by atoms with Crippen LogP contribution in [-0.4, -0.2) is 38.8 Å². The molecule has 23 heavy (non-hydrogen) atoms. The van der Waals surface area contributed by atoms with Crippen LogP contribution in [0.4, 0.5) is 5.82 Å². The number of nitrogens with zero attached hydrogens (tertiary/aromatic N) is 2. The number of benzene rings is 1. The number of fused-ring (bicyclic) bond motifs is 1. The molecule has 0 spiro atoms. The lowest BCUT2D eigenvalue weighted by Crippen LogP contribution is -2.33. The fraction of sp³-hybridized carbons (Fsp3) is 0.133. The summed E-state index contributed by atoms with van der Waals surface area (Å²) in [6.45, 7) is -0.566. The van der Waals surface area contributed by atoms with Crippen molar-refractivity contribution in [3.63, 3.8) is 0 Å². The van der Waals surface area contributed by atoms with Crippen LogP contribution in [0.25, 0.3) is 21.3 Å². The number of anilines is 1. The average Bonchev–Trinajstić information content (AvgIpc) is 2.96. The number of aliphatic hydroxyl groups excluding tert-OH is 1. The van der Waals surface area contributed by atoms with E-state index in [-0.39, 0.29) is 5.28 Å². The summed E-state index contributed by atoms with van der Waals surface area (Å²) in [5, 5.41) is 23.7. The van der Waals surface area contributed by atoms with Crippen LogP contribution in [0.5, 0.6) is 0 Å². The van der Waals surface area contributed by atoms with Gasteiger partial charge in [-0.15, -0.1) is 11.3 Å². The number of aliphatic carboxylic acids is 1. The lowest BCUT2D eigenvalue weighted by molar-refractivity contribution is -0.138. The molecule has 0 amide bonds. The summed E-state index contributed by atoms with van der Waals surface area (Å²) in [5.41, 5.74) is 1.84. The lowest BCUT2D eigenvalue weighted by atomic mass is 10.1. The van der Waals surface area contributed by atoms with Gasteiger partial charge in [-0.05, 0) is 17.2 Å². The maximum atomic E-state index is 11.2. The van der Waals surface area contributed by atoms with E-state index >= 15 is 0 Å². The Bertz CT molecular complexity index is 854. The number of rotatable bonds is 5. The Morgan fingerprint density at radius 2 is 2.04 bits per heavy atom. The Morgan fingerprint density at radius 3 is 2.70 bits per heavy atom. The van der Waals surface area contributed by atoms with E-state index in [9.17, 15) is 9.90 Å². The molecule has 1 unspecified atom stereocenters. The minimum atomic E-state index is -1.17. The fourth-order valence-electron chi connectivity index (χ4n) is 2.20. The quantitative estimate of drug-likeness (QED) is 0.613. The van der Waals surface area contributed by atoms with Crippen LogP contribution in [0.1, 0.15) is 0 Å². The number of halogens is 1. The number of carboxylic acid groups (broad SMARTS) is 1. The van der Waals surface area contributed by atoms with Gasteiger partial charge >= 0.3 is 5.97 Å². The molecule has 8 heteroatoms. The predicted molar refractivity (Wildman–Crippen MR) is 90.0 cm³/mol. The molecule has 0 aliphatic carbocycles. The number of thiophene rings is 1. The van der Waals surface area contributed by atoms with Crippen LogP contribution in [0.3, 0.4) is 0 Å². The van der Waals surface area contributed by atoms with Crippen LogP contribution >= 0.6 is 22.9 Å². The van der Waals surface area contributed by atoms with E-state index in [1.54, 1.807) is 0 Å². The van der Waals surface area contributed by atoms with Crippen molar-refractivity contribution >= 4 is 44.9 Å². The number of nitrogens with one attached hydrogen (secondary N) is 1. The Morgan fingerprint density at radius 1 is 1.30 bits per heavy atom. The van der Waals surface area contributed by atoms with E-state index in [1.807, 2.05) is 35.7 Å². The maximum Gasteiger partial charge on any atom is 0.328 e. The Labute approximate surface area is 140 Å². The number of hydrogen-bond donors (Lipinski definition) is 3. The third kappa shape index (κ3) is 3.12. The molecule has 0 aliphatic heterocycles. The van der Waals surface area contributed by atoms with E-state index in [4.69, 9.17) is 16.7 Å². The molecule has 0 fully saturated rings. The molecule has 6 nitrogen and oxygen atoms in total. The van der Waals surface area contributed by atoms with E-state index in [0.29, 0.717) is 16.0 Å². The highest BCUT2D eigenvalue weighted by Gasteiger charge is 2.21. The van der Waals surface area contributed by atoms with Crippen molar-refractivity contribution < 1.29 is 15.0 Å². The fourth-order valence-corrected chi connectivity index (χ4v) is 3.37. The molecule has 1 atom stereocenters. The summed E-state index contributed by atoms with van der Waals surface area (Å²) in [6.07, 6.45) is 0. The van der Waals surface area contributed by atoms with Crippen LogP contribution in [0.15, 0.2) is 35.7 Å². The van der Waals surface area contributed by atoms with Gasteiger partial charge in [-0.25, -0.2) is 14.8 Å². The second-order valence-electron chi connectivity index (χ2n) is 4.75. The first kappa shape index (κ1) is 15.7. The Kier molecular flexibility index (Phi) is 4.42. The van der Waals surface area contributed by atoms with Gasteiger partial charge in [0.2, 0.25) is 5.28 Å². The van der Waals surface area contributed by atoms with Crippen LogP contribution in [-0.2, 0) is 4.79 Å². The number of carbonyl (C=O) groups is 1. The lowest BCUT2D eigenvalue weighted by Gasteiger charge is -2.14. The molecule has 0 bridgehead atoms. The van der Waals surface area contributed by atoms with Crippen molar-refractivity contribution in [2.24, 2.45) is 0 Å². The van der Waals surface area contributed by atoms with E-state index in [0.717, 1.165) is 11.1 Å². The van der Waals surface area contributed by atoms with Crippen LogP contribution in [0, 0.1) is 0 Å². The number of hydrogen-bond acceptors (Lipinski definition) is 6. The highest BCUT2D eigenvalue weighted by Crippen LogP contribution is 2.37. The Hall–Kier alpha value is -2.22. The number of aliphatic hydroxyl groups is 1. The molecular weight excluding hydrogens is 338 g/mol. The summed E-state index contributed by atoms with van der Waals surface area (Å²) >= 11 is 7.31. The predicted octanol–water partition coefficient (Wildman–Crippen LogP) is 2.87. The van der Waals surface area contributed by atoms with E-state index < -0.39 is 18.6 Å². The normalized spacial score (nSPS) is 12.3. The third-order valence-corrected chi connectivity index (χ3v) is 4.32. The monoisotopic (exact) mass is 349 g/mol. The first-order valence-electron chi connectivity index (χ1n) is 6.70. The van der Waals surface area contributed by atoms with Gasteiger partial charge in [-0.1, -0.05) is 30.3 Å². The first-order chi connectivity index (χ1) is 11.1. The molecule has 3 aromatic rings. The molecule has 0 radical (unpaired) electrons. The number of carboxylic acids is 1. The second kappa shape index (κ2) is 6.49. The smallest absolute Gasteiger partial charge is 0.328 e. The molecule has 2 aromatic heterocycles. The van der Waals surface area contributed by atoms with Gasteiger partial charge in [0.05, 0.1) is 12.0 Å². The van der Waals surface area contributed by atoms with E-state index in [2.05, 4.69) is 15.3 Å². The van der Waals surface area contributed by atoms with Crippen LogP contribution in [0.2, 0.25) is 5.28 Å². The topological polar surface area (TPSA) is 95.3 Å². The van der Waals surface area contributed by atoms with Gasteiger partial charge < -0.3 is 15.5 Å². The van der Waals surface area contributed by atoms with Gasteiger partial charge in [0.25, 0.3) is 0 Å². The van der Waals surface area contributed by atoms with Crippen molar-refractivity contribution in [1.29, 1.82) is 0 Å². The van der Waals surface area contributed by atoms with Crippen molar-refractivity contribution in [3.8, 4) is 11.1 Å². The minimum absolute atomic E-state index is 0.0172. The SMILES string of the molecule is O=C(O)C(CO)Nc1nc(Cl)nc2scc(-c3ccccc3)c12. The van der Waals surface area contributed by atoms with Crippen molar-refractivity contribution in [2.75, 3.05) is 11.9 Å². The summed E-state index contributed by atoms with van der Waals surface area (Å²) in [7, 11) is 0. The Balaban J connectivity index is 2.16. The zero-order chi connectivity index (χ0) is 16.4. The highest BCUT2D eigenvalue weighted by molar-refractivity contribution is 7.17. The van der Waals surface area contributed by atoms with Gasteiger partial charge in [0, 0.05) is 10.9 Å². The maximum absolute atomic E-state index is 11.2. The largest absolute Gasteiger partial charge is 0.480 e. The molecular formula is C15H12ClN3O3S.